The molecule has 18 heavy (non-hydrogen) atoms. The van der Waals surface area contributed by atoms with Crippen LogP contribution in [0.15, 0.2) is 12.3 Å². The molecule has 1 fully saturated rings. The number of nitrogens with one attached hydrogen (secondary N) is 1. The molecule has 0 saturated carbocycles. The van der Waals surface area contributed by atoms with Gasteiger partial charge in [-0.05, 0) is 37.6 Å². The Labute approximate surface area is 114 Å². The molecule has 0 aromatic carbocycles. The summed E-state index contributed by atoms with van der Waals surface area (Å²) >= 11 is 2.04. The van der Waals surface area contributed by atoms with Gasteiger partial charge in [0, 0.05) is 36.8 Å². The lowest BCUT2D eigenvalue weighted by atomic mass is 10.1. The molecule has 3 nitrogen and oxygen atoms in total. The molecule has 0 radical (unpaired) electrons. The van der Waals surface area contributed by atoms with E-state index in [9.17, 15) is 0 Å². The fraction of sp³-hybridized carbons (Fsp3) is 0.643. The van der Waals surface area contributed by atoms with Crippen LogP contribution in [0, 0.1) is 6.92 Å². The lowest BCUT2D eigenvalue weighted by molar-refractivity contribution is 0.683. The quantitative estimate of drug-likeness (QED) is 0.905. The summed E-state index contributed by atoms with van der Waals surface area (Å²) in [6.07, 6.45) is 2.01. The van der Waals surface area contributed by atoms with Crippen LogP contribution in [-0.2, 0) is 6.54 Å². The molecule has 1 atom stereocenters. The molecule has 0 spiro atoms. The molecule has 1 aromatic rings. The highest BCUT2D eigenvalue weighted by Crippen LogP contribution is 2.25. The fourth-order valence-electron chi connectivity index (χ4n) is 2.33. The van der Waals surface area contributed by atoms with E-state index in [-0.39, 0.29) is 0 Å². The van der Waals surface area contributed by atoms with Crippen molar-refractivity contribution in [1.29, 1.82) is 0 Å². The van der Waals surface area contributed by atoms with Crippen molar-refractivity contribution in [3.8, 4) is 0 Å². The van der Waals surface area contributed by atoms with Crippen molar-refractivity contribution < 1.29 is 0 Å². The number of nitrogens with zero attached hydrogens (tertiary/aromatic N) is 2. The molecule has 2 heterocycles. The molecule has 1 aromatic heterocycles. The molecule has 1 saturated heterocycles. The van der Waals surface area contributed by atoms with Gasteiger partial charge in [-0.2, -0.15) is 11.8 Å². The number of aromatic nitrogens is 1. The Balaban J connectivity index is 2.13. The van der Waals surface area contributed by atoms with Crippen molar-refractivity contribution in [2.45, 2.75) is 33.4 Å². The minimum atomic E-state index is 0.592. The number of rotatable bonds is 4. The highest BCUT2D eigenvalue weighted by atomic mass is 32.2. The summed E-state index contributed by atoms with van der Waals surface area (Å²) in [5, 5.41) is 3.34. The van der Waals surface area contributed by atoms with E-state index in [0.29, 0.717) is 6.04 Å². The van der Waals surface area contributed by atoms with Crippen LogP contribution in [0.1, 0.15) is 25.0 Å². The summed E-state index contributed by atoms with van der Waals surface area (Å²) in [5.74, 6) is 3.59. The second-order valence-electron chi connectivity index (χ2n) is 4.88. The molecule has 0 amide bonds. The predicted octanol–water partition coefficient (Wildman–Crippen LogP) is 2.44. The van der Waals surface area contributed by atoms with Crippen molar-refractivity contribution in [2.75, 3.05) is 29.5 Å². The van der Waals surface area contributed by atoms with Crippen LogP contribution in [0.25, 0.3) is 0 Å². The largest absolute Gasteiger partial charge is 0.352 e. The molecule has 1 aliphatic rings. The van der Waals surface area contributed by atoms with Gasteiger partial charge in [0.25, 0.3) is 0 Å². The molecule has 4 heteroatoms. The molecule has 1 N–H and O–H groups in total. The van der Waals surface area contributed by atoms with Crippen molar-refractivity contribution in [1.82, 2.24) is 10.3 Å². The minimum Gasteiger partial charge on any atom is -0.352 e. The summed E-state index contributed by atoms with van der Waals surface area (Å²) < 4.78 is 0. The van der Waals surface area contributed by atoms with Gasteiger partial charge in [-0.3, -0.25) is 0 Å². The van der Waals surface area contributed by atoms with Crippen LogP contribution >= 0.6 is 11.8 Å². The van der Waals surface area contributed by atoms with Gasteiger partial charge in [0.15, 0.2) is 0 Å². The zero-order valence-corrected chi connectivity index (χ0v) is 12.4. The summed E-state index contributed by atoms with van der Waals surface area (Å²) in [6, 6.07) is 2.86. The molecule has 100 valence electrons. The number of hydrogen-bond donors (Lipinski definition) is 1. The minimum absolute atomic E-state index is 0.592. The van der Waals surface area contributed by atoms with Crippen molar-refractivity contribution in [3.63, 3.8) is 0 Å². The monoisotopic (exact) mass is 265 g/mol. The highest BCUT2D eigenvalue weighted by molar-refractivity contribution is 7.99. The maximum absolute atomic E-state index is 4.68. The normalized spacial score (nSPS) is 20.2. The molecule has 1 aliphatic heterocycles. The second kappa shape index (κ2) is 6.43. The summed E-state index contributed by atoms with van der Waals surface area (Å²) in [7, 11) is 0. The van der Waals surface area contributed by atoms with E-state index in [0.717, 1.165) is 19.6 Å². The standard InChI is InChI=1S/C14H23N3S/c1-4-15-8-13-7-11(2)14(16-9-13)17-5-6-18-10-12(17)3/h7,9,12,15H,4-6,8,10H2,1-3H3. The lowest BCUT2D eigenvalue weighted by Gasteiger charge is -2.35. The molecular formula is C14H23N3S. The van der Waals surface area contributed by atoms with E-state index in [2.05, 4.69) is 42.0 Å². The van der Waals surface area contributed by atoms with Gasteiger partial charge in [-0.1, -0.05) is 6.92 Å². The van der Waals surface area contributed by atoms with Crippen molar-refractivity contribution in [2.24, 2.45) is 0 Å². The van der Waals surface area contributed by atoms with Crippen molar-refractivity contribution >= 4 is 17.6 Å². The Morgan fingerprint density at radius 2 is 2.39 bits per heavy atom. The average molecular weight is 265 g/mol. The number of pyridine rings is 1. The summed E-state index contributed by atoms with van der Waals surface area (Å²) in [4.78, 5) is 7.13. The third-order valence-electron chi connectivity index (χ3n) is 3.33. The first-order chi connectivity index (χ1) is 8.72. The van der Waals surface area contributed by atoms with E-state index >= 15 is 0 Å². The van der Waals surface area contributed by atoms with E-state index in [4.69, 9.17) is 0 Å². The maximum Gasteiger partial charge on any atom is 0.131 e. The first kappa shape index (κ1) is 13.7. The zero-order valence-electron chi connectivity index (χ0n) is 11.6. The van der Waals surface area contributed by atoms with Crippen LogP contribution in [-0.4, -0.2) is 35.6 Å². The van der Waals surface area contributed by atoms with E-state index in [1.165, 1.54) is 28.5 Å². The third kappa shape index (κ3) is 3.18. The fourth-order valence-corrected chi connectivity index (χ4v) is 3.35. The Kier molecular flexibility index (Phi) is 4.89. The van der Waals surface area contributed by atoms with E-state index in [1.807, 2.05) is 18.0 Å². The Bertz CT molecular complexity index is 395. The van der Waals surface area contributed by atoms with Crippen LogP contribution in [0.4, 0.5) is 5.82 Å². The Morgan fingerprint density at radius 1 is 1.56 bits per heavy atom. The molecule has 0 bridgehead atoms. The smallest absolute Gasteiger partial charge is 0.131 e. The summed E-state index contributed by atoms with van der Waals surface area (Å²) in [5.41, 5.74) is 2.57. The van der Waals surface area contributed by atoms with Crippen LogP contribution in [0.3, 0.4) is 0 Å². The van der Waals surface area contributed by atoms with Gasteiger partial charge < -0.3 is 10.2 Å². The van der Waals surface area contributed by atoms with Gasteiger partial charge in [0.1, 0.15) is 5.82 Å². The number of thioether (sulfide) groups is 1. The summed E-state index contributed by atoms with van der Waals surface area (Å²) in [6.45, 7) is 9.62. The maximum atomic E-state index is 4.68. The van der Waals surface area contributed by atoms with E-state index in [1.54, 1.807) is 0 Å². The first-order valence-corrected chi connectivity index (χ1v) is 7.88. The van der Waals surface area contributed by atoms with Gasteiger partial charge in [0.05, 0.1) is 0 Å². The van der Waals surface area contributed by atoms with Gasteiger partial charge in [-0.15, -0.1) is 0 Å². The number of hydrogen-bond acceptors (Lipinski definition) is 4. The number of anilines is 1. The van der Waals surface area contributed by atoms with Crippen molar-refractivity contribution in [3.05, 3.63) is 23.4 Å². The Hall–Kier alpha value is -0.740. The third-order valence-corrected chi connectivity index (χ3v) is 4.52. The average Bonchev–Trinajstić information content (AvgIpc) is 2.38. The van der Waals surface area contributed by atoms with Gasteiger partial charge >= 0.3 is 0 Å². The van der Waals surface area contributed by atoms with Crippen LogP contribution < -0.4 is 10.2 Å². The SMILES string of the molecule is CCNCc1cnc(N2CCSCC2C)c(C)c1. The van der Waals surface area contributed by atoms with Crippen LogP contribution in [0.5, 0.6) is 0 Å². The predicted molar refractivity (Wildman–Crippen MR) is 80.5 cm³/mol. The van der Waals surface area contributed by atoms with Gasteiger partial charge in [-0.25, -0.2) is 4.98 Å². The highest BCUT2D eigenvalue weighted by Gasteiger charge is 2.21. The zero-order chi connectivity index (χ0) is 13.0. The molecule has 2 rings (SSSR count). The van der Waals surface area contributed by atoms with Crippen LogP contribution in [0.2, 0.25) is 0 Å². The molecular weight excluding hydrogens is 242 g/mol. The lowest BCUT2D eigenvalue weighted by Crippen LogP contribution is -2.41. The molecule has 1 unspecified atom stereocenters. The Morgan fingerprint density at radius 3 is 3.06 bits per heavy atom. The first-order valence-electron chi connectivity index (χ1n) is 6.73. The topological polar surface area (TPSA) is 28.2 Å². The van der Waals surface area contributed by atoms with Gasteiger partial charge in [0.2, 0.25) is 0 Å². The molecule has 0 aliphatic carbocycles. The number of aryl methyl sites for hydroxylation is 1. The van der Waals surface area contributed by atoms with E-state index < -0.39 is 0 Å². The second-order valence-corrected chi connectivity index (χ2v) is 6.03.